The van der Waals surface area contributed by atoms with E-state index < -0.39 is 28.1 Å². The van der Waals surface area contributed by atoms with Crippen molar-refractivity contribution >= 4 is 23.3 Å². The van der Waals surface area contributed by atoms with Gasteiger partial charge in [0.2, 0.25) is 5.75 Å². The summed E-state index contributed by atoms with van der Waals surface area (Å²) in [6.07, 6.45) is 0. The molecule has 0 aliphatic carbocycles. The van der Waals surface area contributed by atoms with E-state index in [4.69, 9.17) is 21.4 Å². The summed E-state index contributed by atoms with van der Waals surface area (Å²) in [6.45, 7) is 0. The molecule has 1 N–H and O–H groups in total. The summed E-state index contributed by atoms with van der Waals surface area (Å²) in [4.78, 5) is 21.1. The highest BCUT2D eigenvalue weighted by Crippen LogP contribution is 2.38. The van der Waals surface area contributed by atoms with Crippen LogP contribution in [0, 0.1) is 15.9 Å². The van der Waals surface area contributed by atoms with Crippen LogP contribution in [0.3, 0.4) is 0 Å². The van der Waals surface area contributed by atoms with E-state index in [0.29, 0.717) is 0 Å². The largest absolute Gasteiger partial charge is 0.478 e. The zero-order valence-corrected chi connectivity index (χ0v) is 11.0. The number of carbonyl (C=O) groups is 1. The Bertz CT molecular complexity index is 673. The monoisotopic (exact) mass is 311 g/mol. The van der Waals surface area contributed by atoms with Gasteiger partial charge in [-0.15, -0.1) is 0 Å². The number of halogens is 2. The van der Waals surface area contributed by atoms with Gasteiger partial charge in [-0.2, -0.15) is 0 Å². The van der Waals surface area contributed by atoms with Gasteiger partial charge in [0.05, 0.1) is 9.95 Å². The number of nitro groups is 1. The minimum Gasteiger partial charge on any atom is -0.478 e. The number of hydrogen-bond acceptors (Lipinski definition) is 4. The van der Waals surface area contributed by atoms with Crippen LogP contribution in [0.2, 0.25) is 5.02 Å². The lowest BCUT2D eigenvalue weighted by molar-refractivity contribution is -0.385. The number of benzene rings is 2. The maximum Gasteiger partial charge on any atom is 0.339 e. The summed E-state index contributed by atoms with van der Waals surface area (Å²) < 4.78 is 18.8. The predicted molar refractivity (Wildman–Crippen MR) is 71.5 cm³/mol. The number of nitrogens with zero attached hydrogens (tertiary/aromatic N) is 1. The molecule has 21 heavy (non-hydrogen) atoms. The van der Waals surface area contributed by atoms with E-state index >= 15 is 0 Å². The Hall–Kier alpha value is -2.67. The van der Waals surface area contributed by atoms with E-state index in [9.17, 15) is 19.3 Å². The molecule has 0 saturated heterocycles. The third-order valence-corrected chi connectivity index (χ3v) is 2.84. The first-order valence-electron chi connectivity index (χ1n) is 5.54. The average molecular weight is 312 g/mol. The van der Waals surface area contributed by atoms with E-state index in [0.717, 1.165) is 18.2 Å². The smallest absolute Gasteiger partial charge is 0.339 e. The molecule has 0 spiro atoms. The molecule has 0 saturated carbocycles. The first kappa shape index (κ1) is 14.7. The molecule has 0 atom stereocenters. The van der Waals surface area contributed by atoms with Crippen LogP contribution in [0.25, 0.3) is 0 Å². The van der Waals surface area contributed by atoms with Gasteiger partial charge >= 0.3 is 11.7 Å². The van der Waals surface area contributed by atoms with E-state index in [1.165, 1.54) is 18.2 Å². The lowest BCUT2D eigenvalue weighted by Gasteiger charge is -2.11. The highest BCUT2D eigenvalue weighted by Gasteiger charge is 2.24. The van der Waals surface area contributed by atoms with Crippen molar-refractivity contribution in [3.05, 3.63) is 62.9 Å². The van der Waals surface area contributed by atoms with Crippen LogP contribution in [0.4, 0.5) is 10.1 Å². The normalized spacial score (nSPS) is 10.2. The molecule has 0 heterocycles. The van der Waals surface area contributed by atoms with Crippen molar-refractivity contribution < 1.29 is 24.0 Å². The second-order valence-corrected chi connectivity index (χ2v) is 4.28. The quantitative estimate of drug-likeness (QED) is 0.683. The molecule has 0 amide bonds. The van der Waals surface area contributed by atoms with Gasteiger partial charge in [-0.3, -0.25) is 10.1 Å². The molecule has 0 aromatic heterocycles. The molecular weight excluding hydrogens is 305 g/mol. The van der Waals surface area contributed by atoms with E-state index in [-0.39, 0.29) is 16.3 Å². The van der Waals surface area contributed by atoms with Crippen molar-refractivity contribution in [3.63, 3.8) is 0 Å². The summed E-state index contributed by atoms with van der Waals surface area (Å²) in [5, 5.41) is 19.8. The predicted octanol–water partition coefficient (Wildman–Crippen LogP) is 3.88. The second-order valence-electron chi connectivity index (χ2n) is 3.87. The van der Waals surface area contributed by atoms with Crippen LogP contribution in [-0.4, -0.2) is 16.0 Å². The lowest BCUT2D eigenvalue weighted by atomic mass is 10.2. The Morgan fingerprint density at radius 3 is 2.52 bits per heavy atom. The third-order valence-electron chi connectivity index (χ3n) is 2.54. The molecule has 2 aromatic rings. The molecule has 8 heteroatoms. The third kappa shape index (κ3) is 2.92. The van der Waals surface area contributed by atoms with Gasteiger partial charge in [0, 0.05) is 6.07 Å². The van der Waals surface area contributed by atoms with Crippen LogP contribution in [-0.2, 0) is 0 Å². The standard InChI is InChI=1S/C13H7ClFNO5/c14-8-4-1-3-7(13(17)18)11(8)21-12-9(15)5-2-6-10(12)16(19)20/h1-6H,(H,17,18). The summed E-state index contributed by atoms with van der Waals surface area (Å²) >= 11 is 5.83. The molecular formula is C13H7ClFNO5. The Morgan fingerprint density at radius 2 is 1.90 bits per heavy atom. The number of aromatic carboxylic acids is 1. The van der Waals surface area contributed by atoms with Gasteiger partial charge in [-0.25, -0.2) is 9.18 Å². The second kappa shape index (κ2) is 5.76. The Balaban J connectivity index is 2.59. The maximum absolute atomic E-state index is 13.7. The summed E-state index contributed by atoms with van der Waals surface area (Å²) in [6, 6.07) is 7.03. The van der Waals surface area contributed by atoms with Crippen LogP contribution < -0.4 is 4.74 Å². The van der Waals surface area contributed by atoms with Crippen LogP contribution in [0.15, 0.2) is 36.4 Å². The zero-order valence-electron chi connectivity index (χ0n) is 10.2. The molecule has 0 aliphatic rings. The summed E-state index contributed by atoms with van der Waals surface area (Å²) in [5.74, 6) is -3.41. The lowest BCUT2D eigenvalue weighted by Crippen LogP contribution is -2.02. The van der Waals surface area contributed by atoms with E-state index in [1.54, 1.807) is 0 Å². The highest BCUT2D eigenvalue weighted by molar-refractivity contribution is 6.32. The molecule has 0 radical (unpaired) electrons. The van der Waals surface area contributed by atoms with Crippen molar-refractivity contribution in [2.75, 3.05) is 0 Å². The fraction of sp³-hybridized carbons (Fsp3) is 0. The molecule has 6 nitrogen and oxygen atoms in total. The SMILES string of the molecule is O=C(O)c1cccc(Cl)c1Oc1c(F)cccc1[N+](=O)[O-]. The Morgan fingerprint density at radius 1 is 1.24 bits per heavy atom. The van der Waals surface area contributed by atoms with Gasteiger partial charge in [0.25, 0.3) is 0 Å². The molecule has 2 rings (SSSR count). The molecule has 0 bridgehead atoms. The number of para-hydroxylation sites is 2. The van der Waals surface area contributed by atoms with Gasteiger partial charge in [-0.1, -0.05) is 23.7 Å². The summed E-state index contributed by atoms with van der Waals surface area (Å²) in [5.41, 5.74) is -0.966. The fourth-order valence-electron chi connectivity index (χ4n) is 1.63. The molecule has 0 aliphatic heterocycles. The fourth-order valence-corrected chi connectivity index (χ4v) is 1.84. The maximum atomic E-state index is 13.7. The molecule has 2 aromatic carbocycles. The number of hydrogen-bond donors (Lipinski definition) is 1. The van der Waals surface area contributed by atoms with E-state index in [1.807, 2.05) is 0 Å². The van der Waals surface area contributed by atoms with Gasteiger partial charge in [0.15, 0.2) is 11.6 Å². The number of carboxylic acid groups (broad SMARTS) is 1. The van der Waals surface area contributed by atoms with Gasteiger partial charge in [-0.05, 0) is 18.2 Å². The molecule has 108 valence electrons. The number of carboxylic acids is 1. The molecule has 0 fully saturated rings. The topological polar surface area (TPSA) is 89.7 Å². The first-order valence-corrected chi connectivity index (χ1v) is 5.92. The van der Waals surface area contributed by atoms with Crippen molar-refractivity contribution in [2.24, 2.45) is 0 Å². The van der Waals surface area contributed by atoms with Crippen LogP contribution >= 0.6 is 11.6 Å². The summed E-state index contributed by atoms with van der Waals surface area (Å²) in [7, 11) is 0. The van der Waals surface area contributed by atoms with Crippen LogP contribution in [0.1, 0.15) is 10.4 Å². The first-order chi connectivity index (χ1) is 9.91. The Kier molecular flexibility index (Phi) is 4.04. The van der Waals surface area contributed by atoms with Gasteiger partial charge < -0.3 is 9.84 Å². The van der Waals surface area contributed by atoms with Crippen LogP contribution in [0.5, 0.6) is 11.5 Å². The van der Waals surface area contributed by atoms with E-state index in [2.05, 4.69) is 0 Å². The van der Waals surface area contributed by atoms with Crippen molar-refractivity contribution in [1.82, 2.24) is 0 Å². The Labute approximate surface area is 122 Å². The number of rotatable bonds is 4. The number of nitro benzene ring substituents is 1. The minimum atomic E-state index is -1.36. The van der Waals surface area contributed by atoms with Crippen molar-refractivity contribution in [1.29, 1.82) is 0 Å². The zero-order chi connectivity index (χ0) is 15.6. The van der Waals surface area contributed by atoms with Gasteiger partial charge in [0.1, 0.15) is 5.56 Å². The number of ether oxygens (including phenoxy) is 1. The average Bonchev–Trinajstić information content (AvgIpc) is 2.42. The van der Waals surface area contributed by atoms with Crippen molar-refractivity contribution in [3.8, 4) is 11.5 Å². The molecule has 0 unspecified atom stereocenters. The highest BCUT2D eigenvalue weighted by atomic mass is 35.5. The van der Waals surface area contributed by atoms with Crippen molar-refractivity contribution in [2.45, 2.75) is 0 Å². The minimum absolute atomic E-state index is 0.104.